The first-order valence-corrected chi connectivity index (χ1v) is 6.72. The van der Waals surface area contributed by atoms with E-state index in [0.717, 1.165) is 0 Å². The Labute approximate surface area is 118 Å². The van der Waals surface area contributed by atoms with Crippen LogP contribution in [0.2, 0.25) is 0 Å². The van der Waals surface area contributed by atoms with Crippen molar-refractivity contribution in [2.45, 2.75) is 31.7 Å². The summed E-state index contributed by atoms with van der Waals surface area (Å²) in [5.74, 6) is -0.703. The monoisotopic (exact) mass is 311 g/mol. The van der Waals surface area contributed by atoms with Crippen LogP contribution in [0.4, 0.5) is 13.2 Å². The summed E-state index contributed by atoms with van der Waals surface area (Å²) in [4.78, 5) is 12.2. The molecule has 8 heteroatoms. The van der Waals surface area contributed by atoms with Crippen molar-refractivity contribution in [2.75, 3.05) is 13.2 Å². The molecule has 114 valence electrons. The molecule has 2 unspecified atom stereocenters. The number of carbonyl (C=O) groups excluding carboxylic acids is 1. The van der Waals surface area contributed by atoms with Crippen LogP contribution < -0.4 is 5.32 Å². The highest BCUT2D eigenvalue weighted by Crippen LogP contribution is 2.24. The first-order valence-electron chi connectivity index (χ1n) is 5.84. The Hall–Kier alpha value is -1.12. The van der Waals surface area contributed by atoms with Gasteiger partial charge in [-0.2, -0.15) is 13.2 Å². The fraction of sp³-hybridized carbons (Fsp3) is 0.583. The van der Waals surface area contributed by atoms with E-state index in [1.807, 2.05) is 0 Å². The number of aliphatic hydroxyl groups is 1. The number of halogens is 3. The Kier molecular flexibility index (Phi) is 5.55. The first kappa shape index (κ1) is 16.9. The summed E-state index contributed by atoms with van der Waals surface area (Å²) < 4.78 is 40.2. The van der Waals surface area contributed by atoms with Gasteiger partial charge < -0.3 is 15.2 Å². The van der Waals surface area contributed by atoms with E-state index in [9.17, 15) is 23.1 Å². The molecule has 1 heterocycles. The van der Waals surface area contributed by atoms with E-state index < -0.39 is 30.4 Å². The lowest BCUT2D eigenvalue weighted by molar-refractivity contribution is -0.185. The lowest BCUT2D eigenvalue weighted by Gasteiger charge is -2.23. The predicted molar refractivity (Wildman–Crippen MR) is 68.4 cm³/mol. The van der Waals surface area contributed by atoms with E-state index in [1.54, 1.807) is 17.5 Å². The highest BCUT2D eigenvalue weighted by molar-refractivity contribution is 7.10. The third kappa shape index (κ3) is 5.48. The summed E-state index contributed by atoms with van der Waals surface area (Å²) in [6.07, 6.45) is -5.72. The van der Waals surface area contributed by atoms with Gasteiger partial charge in [0.05, 0.1) is 6.54 Å². The van der Waals surface area contributed by atoms with E-state index in [1.165, 1.54) is 25.2 Å². The third-order valence-corrected chi connectivity index (χ3v) is 3.65. The fourth-order valence-electron chi connectivity index (χ4n) is 1.37. The molecule has 1 amide bonds. The summed E-state index contributed by atoms with van der Waals surface area (Å²) >= 11 is 1.32. The summed E-state index contributed by atoms with van der Waals surface area (Å²) in [6.45, 7) is 1.15. The molecule has 2 atom stereocenters. The average Bonchev–Trinajstić information content (AvgIpc) is 2.86. The van der Waals surface area contributed by atoms with Crippen molar-refractivity contribution in [1.29, 1.82) is 0 Å². The number of hydrogen-bond acceptors (Lipinski definition) is 4. The van der Waals surface area contributed by atoms with Gasteiger partial charge in [0.1, 0.15) is 18.3 Å². The standard InChI is InChI=1S/C12H16F3NO3S/c1-8(19-7-12(13,14)15)10(17)16-6-11(2,18)9-4-3-5-20-9/h3-5,8,18H,6-7H2,1-2H3,(H,16,17). The number of carbonyl (C=O) groups is 1. The van der Waals surface area contributed by atoms with Crippen molar-refractivity contribution in [2.24, 2.45) is 0 Å². The number of alkyl halides is 3. The maximum absolute atomic E-state index is 11.9. The molecule has 4 nitrogen and oxygen atoms in total. The number of nitrogens with one attached hydrogen (secondary N) is 1. The molecule has 0 fully saturated rings. The van der Waals surface area contributed by atoms with Crippen LogP contribution in [0.5, 0.6) is 0 Å². The molecule has 0 spiro atoms. The van der Waals surface area contributed by atoms with E-state index >= 15 is 0 Å². The van der Waals surface area contributed by atoms with E-state index in [-0.39, 0.29) is 6.54 Å². The van der Waals surface area contributed by atoms with Crippen LogP contribution >= 0.6 is 11.3 Å². The molecule has 0 aromatic carbocycles. The highest BCUT2D eigenvalue weighted by atomic mass is 32.1. The highest BCUT2D eigenvalue weighted by Gasteiger charge is 2.31. The molecule has 0 radical (unpaired) electrons. The van der Waals surface area contributed by atoms with Gasteiger partial charge in [-0.05, 0) is 25.3 Å². The Morgan fingerprint density at radius 2 is 2.20 bits per heavy atom. The van der Waals surface area contributed by atoms with Crippen molar-refractivity contribution < 1.29 is 27.8 Å². The van der Waals surface area contributed by atoms with Crippen LogP contribution in [0.1, 0.15) is 18.7 Å². The summed E-state index contributed by atoms with van der Waals surface area (Å²) in [5, 5.41) is 14.3. The summed E-state index contributed by atoms with van der Waals surface area (Å²) in [7, 11) is 0. The number of thiophene rings is 1. The molecule has 20 heavy (non-hydrogen) atoms. The minimum atomic E-state index is -4.48. The van der Waals surface area contributed by atoms with Crippen LogP contribution in [0, 0.1) is 0 Å². The molecule has 2 N–H and O–H groups in total. The van der Waals surface area contributed by atoms with Crippen LogP contribution in [0.15, 0.2) is 17.5 Å². The first-order chi connectivity index (χ1) is 9.12. The van der Waals surface area contributed by atoms with E-state index in [0.29, 0.717) is 4.88 Å². The SMILES string of the molecule is CC(OCC(F)(F)F)C(=O)NCC(C)(O)c1cccs1. The zero-order valence-electron chi connectivity index (χ0n) is 11.0. The predicted octanol–water partition coefficient (Wildman–Crippen LogP) is 2.04. The zero-order valence-corrected chi connectivity index (χ0v) is 11.8. The quantitative estimate of drug-likeness (QED) is 0.845. The van der Waals surface area contributed by atoms with Crippen molar-refractivity contribution >= 4 is 17.2 Å². The van der Waals surface area contributed by atoms with Gasteiger partial charge in [0.2, 0.25) is 5.91 Å². The molecule has 0 aliphatic rings. The van der Waals surface area contributed by atoms with Crippen molar-refractivity contribution in [3.05, 3.63) is 22.4 Å². The number of hydrogen-bond donors (Lipinski definition) is 2. The Balaban J connectivity index is 2.43. The maximum Gasteiger partial charge on any atom is 0.411 e. The Morgan fingerprint density at radius 1 is 1.55 bits per heavy atom. The molecule has 1 rings (SSSR count). The van der Waals surface area contributed by atoms with Gasteiger partial charge in [-0.25, -0.2) is 0 Å². The fourth-order valence-corrected chi connectivity index (χ4v) is 2.16. The zero-order chi connectivity index (χ0) is 15.4. The molecule has 0 saturated heterocycles. The minimum absolute atomic E-state index is 0.105. The smallest absolute Gasteiger partial charge is 0.383 e. The molecule has 0 aliphatic heterocycles. The van der Waals surface area contributed by atoms with Crippen LogP contribution in [-0.2, 0) is 15.1 Å². The van der Waals surface area contributed by atoms with E-state index in [4.69, 9.17) is 0 Å². The molecular weight excluding hydrogens is 295 g/mol. The third-order valence-electron chi connectivity index (χ3n) is 2.53. The lowest BCUT2D eigenvalue weighted by atomic mass is 10.1. The van der Waals surface area contributed by atoms with Crippen LogP contribution in [0.3, 0.4) is 0 Å². The topological polar surface area (TPSA) is 58.6 Å². The van der Waals surface area contributed by atoms with Crippen molar-refractivity contribution in [3.8, 4) is 0 Å². The van der Waals surface area contributed by atoms with Gasteiger partial charge in [0.15, 0.2) is 0 Å². The van der Waals surface area contributed by atoms with Crippen LogP contribution in [-0.4, -0.2) is 36.4 Å². The second-order valence-electron chi connectivity index (χ2n) is 4.54. The van der Waals surface area contributed by atoms with Gasteiger partial charge in [0.25, 0.3) is 0 Å². The maximum atomic E-state index is 11.9. The van der Waals surface area contributed by atoms with Gasteiger partial charge in [0, 0.05) is 4.88 Å². The average molecular weight is 311 g/mol. The van der Waals surface area contributed by atoms with Crippen molar-refractivity contribution in [3.63, 3.8) is 0 Å². The van der Waals surface area contributed by atoms with Gasteiger partial charge in [-0.1, -0.05) is 6.07 Å². The van der Waals surface area contributed by atoms with E-state index in [2.05, 4.69) is 10.1 Å². The molecule has 0 bridgehead atoms. The molecule has 1 aromatic heterocycles. The largest absolute Gasteiger partial charge is 0.411 e. The normalized spacial score (nSPS) is 16.5. The van der Waals surface area contributed by atoms with Gasteiger partial charge >= 0.3 is 6.18 Å². The number of amides is 1. The molecule has 0 aliphatic carbocycles. The Bertz CT molecular complexity index is 432. The second-order valence-corrected chi connectivity index (χ2v) is 5.49. The van der Waals surface area contributed by atoms with Gasteiger partial charge in [-0.15, -0.1) is 11.3 Å². The molecule has 0 saturated carbocycles. The molecule has 1 aromatic rings. The van der Waals surface area contributed by atoms with Crippen LogP contribution in [0.25, 0.3) is 0 Å². The summed E-state index contributed by atoms with van der Waals surface area (Å²) in [5.41, 5.74) is -1.27. The van der Waals surface area contributed by atoms with Gasteiger partial charge in [-0.3, -0.25) is 4.79 Å². The molecular formula is C12H16F3NO3S. The number of rotatable bonds is 6. The second kappa shape index (κ2) is 6.55. The summed E-state index contributed by atoms with van der Waals surface area (Å²) in [6, 6.07) is 3.46. The van der Waals surface area contributed by atoms with Crippen molar-refractivity contribution in [1.82, 2.24) is 5.32 Å². The minimum Gasteiger partial charge on any atom is -0.383 e. The lowest BCUT2D eigenvalue weighted by Crippen LogP contribution is -2.43. The Morgan fingerprint density at radius 3 is 2.70 bits per heavy atom. The number of ether oxygens (including phenoxy) is 1.